The van der Waals surface area contributed by atoms with Gasteiger partial charge < -0.3 is 5.73 Å². The molecular formula is C17H21N3. The summed E-state index contributed by atoms with van der Waals surface area (Å²) in [4.78, 5) is 0. The third kappa shape index (κ3) is 2.30. The van der Waals surface area contributed by atoms with Crippen molar-refractivity contribution < 1.29 is 0 Å². The summed E-state index contributed by atoms with van der Waals surface area (Å²) in [5.74, 6) is 6.50. The first kappa shape index (κ1) is 13.2. The van der Waals surface area contributed by atoms with Crippen LogP contribution in [0.3, 0.4) is 0 Å². The number of hydrogen-bond acceptors (Lipinski definition) is 3. The Bertz CT molecular complexity index is 590. The predicted molar refractivity (Wildman–Crippen MR) is 83.1 cm³/mol. The minimum Gasteiger partial charge on any atom is -0.398 e. The van der Waals surface area contributed by atoms with Gasteiger partial charge in [0.2, 0.25) is 0 Å². The fourth-order valence-corrected chi connectivity index (χ4v) is 2.99. The lowest BCUT2D eigenvalue weighted by molar-refractivity contribution is 0.414. The van der Waals surface area contributed by atoms with Gasteiger partial charge in [0.25, 0.3) is 0 Å². The number of benzene rings is 2. The van der Waals surface area contributed by atoms with E-state index in [4.69, 9.17) is 11.6 Å². The van der Waals surface area contributed by atoms with E-state index in [1.807, 2.05) is 24.3 Å². The van der Waals surface area contributed by atoms with Crippen molar-refractivity contribution in [3.8, 4) is 0 Å². The van der Waals surface area contributed by atoms with Gasteiger partial charge in [0.15, 0.2) is 0 Å². The molecular weight excluding hydrogens is 246 g/mol. The van der Waals surface area contributed by atoms with E-state index in [0.29, 0.717) is 5.92 Å². The maximum absolute atomic E-state index is 6.11. The van der Waals surface area contributed by atoms with Crippen molar-refractivity contribution in [1.82, 2.24) is 5.43 Å². The first-order valence-corrected chi connectivity index (χ1v) is 7.20. The summed E-state index contributed by atoms with van der Waals surface area (Å²) in [6, 6.07) is 16.4. The molecule has 2 aromatic carbocycles. The number of nitrogens with two attached hydrogens (primary N) is 2. The Labute approximate surface area is 120 Å². The van der Waals surface area contributed by atoms with Crippen LogP contribution in [0.15, 0.2) is 48.5 Å². The van der Waals surface area contributed by atoms with Gasteiger partial charge in [0.05, 0.1) is 6.04 Å². The summed E-state index contributed by atoms with van der Waals surface area (Å²) in [6.45, 7) is 0. The van der Waals surface area contributed by atoms with E-state index < -0.39 is 0 Å². The minimum atomic E-state index is -0.0481. The highest BCUT2D eigenvalue weighted by Gasteiger charge is 2.25. The Kier molecular flexibility index (Phi) is 3.72. The topological polar surface area (TPSA) is 64.1 Å². The van der Waals surface area contributed by atoms with Gasteiger partial charge in [-0.05, 0) is 41.5 Å². The first-order valence-electron chi connectivity index (χ1n) is 7.20. The second-order valence-corrected chi connectivity index (χ2v) is 5.49. The highest BCUT2D eigenvalue weighted by atomic mass is 15.2. The Morgan fingerprint density at radius 1 is 0.950 bits per heavy atom. The van der Waals surface area contributed by atoms with E-state index >= 15 is 0 Å². The van der Waals surface area contributed by atoms with Crippen LogP contribution in [0.4, 0.5) is 5.69 Å². The zero-order valence-electron chi connectivity index (χ0n) is 11.5. The van der Waals surface area contributed by atoms with Gasteiger partial charge in [-0.2, -0.15) is 0 Å². The number of nitrogen functional groups attached to an aromatic ring is 1. The predicted octanol–water partition coefficient (Wildman–Crippen LogP) is 3.09. The average molecular weight is 267 g/mol. The number of para-hydroxylation sites is 1. The molecule has 0 aliphatic heterocycles. The van der Waals surface area contributed by atoms with Crippen LogP contribution in [0, 0.1) is 0 Å². The number of hydrazine groups is 1. The van der Waals surface area contributed by atoms with Crippen molar-refractivity contribution in [2.75, 3.05) is 5.73 Å². The van der Waals surface area contributed by atoms with E-state index in [0.717, 1.165) is 11.3 Å². The molecule has 0 radical (unpaired) electrons. The van der Waals surface area contributed by atoms with E-state index in [-0.39, 0.29) is 6.04 Å². The van der Waals surface area contributed by atoms with Crippen LogP contribution in [0.25, 0.3) is 0 Å². The van der Waals surface area contributed by atoms with E-state index in [1.54, 1.807) is 0 Å². The van der Waals surface area contributed by atoms with Crippen molar-refractivity contribution in [3.05, 3.63) is 65.2 Å². The summed E-state index contributed by atoms with van der Waals surface area (Å²) >= 11 is 0. The lowest BCUT2D eigenvalue weighted by Gasteiger charge is -2.30. The Balaban J connectivity index is 2.03. The van der Waals surface area contributed by atoms with Crippen LogP contribution < -0.4 is 17.0 Å². The summed E-state index contributed by atoms with van der Waals surface area (Å²) in [6.07, 6.45) is 3.88. The number of hydrogen-bond donors (Lipinski definition) is 3. The Hall–Kier alpha value is -1.84. The molecule has 0 amide bonds. The monoisotopic (exact) mass is 267 g/mol. The van der Waals surface area contributed by atoms with Gasteiger partial charge in [-0.15, -0.1) is 0 Å². The van der Waals surface area contributed by atoms with Crippen molar-refractivity contribution in [2.24, 2.45) is 5.84 Å². The average Bonchev–Trinajstić information content (AvgIpc) is 2.41. The SMILES string of the molecule is NNC(c1ccccc1N)c1ccccc1C1CCC1. The Morgan fingerprint density at radius 3 is 2.20 bits per heavy atom. The summed E-state index contributed by atoms with van der Waals surface area (Å²) in [7, 11) is 0. The molecule has 0 spiro atoms. The van der Waals surface area contributed by atoms with E-state index in [9.17, 15) is 0 Å². The van der Waals surface area contributed by atoms with Crippen LogP contribution in [-0.4, -0.2) is 0 Å². The third-order valence-electron chi connectivity index (χ3n) is 4.33. The maximum Gasteiger partial charge on any atom is 0.0732 e. The van der Waals surface area contributed by atoms with Crippen molar-refractivity contribution in [1.29, 1.82) is 0 Å². The van der Waals surface area contributed by atoms with Gasteiger partial charge in [-0.25, -0.2) is 5.43 Å². The largest absolute Gasteiger partial charge is 0.398 e. The molecule has 1 unspecified atom stereocenters. The number of nitrogens with one attached hydrogen (secondary N) is 1. The molecule has 0 bridgehead atoms. The molecule has 1 aliphatic carbocycles. The van der Waals surface area contributed by atoms with Crippen LogP contribution in [0.2, 0.25) is 0 Å². The maximum atomic E-state index is 6.11. The summed E-state index contributed by atoms with van der Waals surface area (Å²) in [5, 5.41) is 0. The Morgan fingerprint density at radius 2 is 1.60 bits per heavy atom. The molecule has 3 nitrogen and oxygen atoms in total. The molecule has 0 saturated heterocycles. The van der Waals surface area contributed by atoms with Crippen molar-refractivity contribution >= 4 is 5.69 Å². The van der Waals surface area contributed by atoms with Gasteiger partial charge in [0, 0.05) is 5.69 Å². The molecule has 1 fully saturated rings. The molecule has 0 heterocycles. The highest BCUT2D eigenvalue weighted by molar-refractivity contribution is 5.52. The second-order valence-electron chi connectivity index (χ2n) is 5.49. The number of anilines is 1. The molecule has 1 saturated carbocycles. The van der Waals surface area contributed by atoms with Crippen LogP contribution >= 0.6 is 0 Å². The molecule has 3 rings (SSSR count). The zero-order chi connectivity index (χ0) is 13.9. The van der Waals surface area contributed by atoms with Crippen molar-refractivity contribution in [2.45, 2.75) is 31.2 Å². The lowest BCUT2D eigenvalue weighted by Crippen LogP contribution is -2.31. The standard InChI is InChI=1S/C17H21N3/c18-16-11-4-3-10-15(16)17(20-19)14-9-2-1-8-13(14)12-6-5-7-12/h1-4,8-12,17,20H,5-7,18-19H2. The fourth-order valence-electron chi connectivity index (χ4n) is 2.99. The smallest absolute Gasteiger partial charge is 0.0732 e. The first-order chi connectivity index (χ1) is 9.81. The molecule has 0 aromatic heterocycles. The van der Waals surface area contributed by atoms with Gasteiger partial charge in [-0.1, -0.05) is 48.9 Å². The minimum absolute atomic E-state index is 0.0481. The van der Waals surface area contributed by atoms with Gasteiger partial charge >= 0.3 is 0 Å². The molecule has 1 atom stereocenters. The lowest BCUT2D eigenvalue weighted by atomic mass is 9.76. The van der Waals surface area contributed by atoms with Gasteiger partial charge in [0.1, 0.15) is 0 Å². The quantitative estimate of drug-likeness (QED) is 0.453. The molecule has 5 N–H and O–H groups in total. The van der Waals surface area contributed by atoms with E-state index in [1.165, 1.54) is 30.4 Å². The third-order valence-corrected chi connectivity index (χ3v) is 4.33. The molecule has 1 aliphatic rings. The summed E-state index contributed by atoms with van der Waals surface area (Å²) < 4.78 is 0. The van der Waals surface area contributed by atoms with Crippen molar-refractivity contribution in [3.63, 3.8) is 0 Å². The molecule has 20 heavy (non-hydrogen) atoms. The zero-order valence-corrected chi connectivity index (χ0v) is 11.5. The molecule has 2 aromatic rings. The van der Waals surface area contributed by atoms with Crippen LogP contribution in [0.5, 0.6) is 0 Å². The fraction of sp³-hybridized carbons (Fsp3) is 0.294. The van der Waals surface area contributed by atoms with Crippen LogP contribution in [0.1, 0.15) is 47.9 Å². The summed E-state index contributed by atoms with van der Waals surface area (Å²) in [5.41, 5.74) is 13.5. The highest BCUT2D eigenvalue weighted by Crippen LogP contribution is 2.40. The molecule has 3 heteroatoms. The van der Waals surface area contributed by atoms with Crippen LogP contribution in [-0.2, 0) is 0 Å². The number of rotatable bonds is 4. The normalized spacial score (nSPS) is 16.6. The molecule has 104 valence electrons. The van der Waals surface area contributed by atoms with Gasteiger partial charge in [-0.3, -0.25) is 5.84 Å². The second kappa shape index (κ2) is 5.65. The van der Waals surface area contributed by atoms with E-state index in [2.05, 4.69) is 29.7 Å².